The Bertz CT molecular complexity index is 623. The molecule has 1 amide bonds. The molecule has 0 unspecified atom stereocenters. The Morgan fingerprint density at radius 1 is 1.32 bits per heavy atom. The average molecular weight is 307 g/mol. The number of carbonyl (C=O) groups is 2. The second-order valence-electron chi connectivity index (χ2n) is 5.34. The fourth-order valence-corrected chi connectivity index (χ4v) is 1.44. The van der Waals surface area contributed by atoms with Crippen LogP contribution in [0.5, 0.6) is 0 Å². The number of hydrogen-bond acceptors (Lipinski definition) is 4. The second-order valence-corrected chi connectivity index (χ2v) is 5.34. The fourth-order valence-electron chi connectivity index (χ4n) is 1.44. The molecule has 0 radical (unpaired) electrons. The number of alkyl carbamates (subject to hydrolysis) is 1. The van der Waals surface area contributed by atoms with Crippen LogP contribution in [-0.2, 0) is 9.47 Å². The van der Waals surface area contributed by atoms with Gasteiger partial charge in [0.05, 0.1) is 24.8 Å². The number of halogens is 1. The SMILES string of the molecule is COC(=O)c1ccc(F)c(C#CCNC(=O)OC(C)(C)C)c1. The van der Waals surface area contributed by atoms with E-state index in [4.69, 9.17) is 4.74 Å². The van der Waals surface area contributed by atoms with Gasteiger partial charge in [-0.2, -0.15) is 0 Å². The van der Waals surface area contributed by atoms with Crippen molar-refractivity contribution >= 4 is 12.1 Å². The van der Waals surface area contributed by atoms with Crippen LogP contribution in [0.15, 0.2) is 18.2 Å². The summed E-state index contributed by atoms with van der Waals surface area (Å²) in [6.45, 7) is 5.22. The van der Waals surface area contributed by atoms with Crippen molar-refractivity contribution in [1.29, 1.82) is 0 Å². The van der Waals surface area contributed by atoms with Gasteiger partial charge in [-0.25, -0.2) is 14.0 Å². The number of nitrogens with one attached hydrogen (secondary N) is 1. The molecule has 1 aromatic rings. The maximum absolute atomic E-state index is 13.6. The zero-order valence-electron chi connectivity index (χ0n) is 13.0. The van der Waals surface area contributed by atoms with Gasteiger partial charge in [0.1, 0.15) is 11.4 Å². The Hall–Kier alpha value is -2.55. The number of benzene rings is 1. The largest absolute Gasteiger partial charge is 0.465 e. The first kappa shape index (κ1) is 17.5. The van der Waals surface area contributed by atoms with Gasteiger partial charge in [0.25, 0.3) is 0 Å². The minimum absolute atomic E-state index is 0.00317. The molecule has 0 aliphatic carbocycles. The molecule has 1 aromatic carbocycles. The third kappa shape index (κ3) is 5.83. The van der Waals surface area contributed by atoms with Crippen LogP contribution < -0.4 is 5.32 Å². The third-order valence-corrected chi connectivity index (χ3v) is 2.33. The maximum Gasteiger partial charge on any atom is 0.408 e. The Labute approximate surface area is 128 Å². The Morgan fingerprint density at radius 3 is 2.59 bits per heavy atom. The lowest BCUT2D eigenvalue weighted by Crippen LogP contribution is -2.32. The highest BCUT2D eigenvalue weighted by molar-refractivity contribution is 5.89. The summed E-state index contributed by atoms with van der Waals surface area (Å²) in [6, 6.07) is 3.74. The van der Waals surface area contributed by atoms with E-state index in [2.05, 4.69) is 21.9 Å². The molecule has 22 heavy (non-hydrogen) atoms. The molecule has 0 heterocycles. The first-order valence-corrected chi connectivity index (χ1v) is 6.56. The van der Waals surface area contributed by atoms with Gasteiger partial charge in [0.15, 0.2) is 0 Å². The summed E-state index contributed by atoms with van der Waals surface area (Å²) in [7, 11) is 1.24. The summed E-state index contributed by atoms with van der Waals surface area (Å²) in [5, 5.41) is 2.43. The average Bonchev–Trinajstić information content (AvgIpc) is 2.42. The lowest BCUT2D eigenvalue weighted by Gasteiger charge is -2.18. The zero-order valence-corrected chi connectivity index (χ0v) is 13.0. The van der Waals surface area contributed by atoms with E-state index < -0.39 is 23.5 Å². The van der Waals surface area contributed by atoms with Gasteiger partial charge in [-0.05, 0) is 39.0 Å². The van der Waals surface area contributed by atoms with E-state index in [1.54, 1.807) is 20.8 Å². The van der Waals surface area contributed by atoms with Crippen molar-refractivity contribution in [3.05, 3.63) is 35.1 Å². The molecule has 0 fully saturated rings. The maximum atomic E-state index is 13.6. The normalized spacial score (nSPS) is 10.2. The first-order valence-electron chi connectivity index (χ1n) is 6.56. The highest BCUT2D eigenvalue weighted by Crippen LogP contribution is 2.10. The lowest BCUT2D eigenvalue weighted by atomic mass is 10.1. The van der Waals surface area contributed by atoms with Crippen LogP contribution in [0.2, 0.25) is 0 Å². The van der Waals surface area contributed by atoms with Crippen LogP contribution in [0.1, 0.15) is 36.7 Å². The smallest absolute Gasteiger partial charge is 0.408 e. The van der Waals surface area contributed by atoms with Gasteiger partial charge in [-0.1, -0.05) is 11.8 Å². The quantitative estimate of drug-likeness (QED) is 0.673. The summed E-state index contributed by atoms with van der Waals surface area (Å²) < 4.78 is 23.2. The highest BCUT2D eigenvalue weighted by Gasteiger charge is 2.15. The molecule has 0 aromatic heterocycles. The topological polar surface area (TPSA) is 64.6 Å². The number of methoxy groups -OCH3 is 1. The van der Waals surface area contributed by atoms with E-state index in [1.807, 2.05) is 0 Å². The molecule has 0 saturated heterocycles. The molecule has 5 nitrogen and oxygen atoms in total. The number of carbonyl (C=O) groups excluding carboxylic acids is 2. The lowest BCUT2D eigenvalue weighted by molar-refractivity contribution is 0.0533. The Kier molecular flexibility index (Phi) is 5.93. The number of hydrogen-bond donors (Lipinski definition) is 1. The van der Waals surface area contributed by atoms with Crippen LogP contribution in [0.4, 0.5) is 9.18 Å². The zero-order chi connectivity index (χ0) is 16.8. The van der Waals surface area contributed by atoms with Crippen LogP contribution >= 0.6 is 0 Å². The standard InChI is InChI=1S/C16H18FNO4/c1-16(2,3)22-15(20)18-9-5-6-11-10-12(14(19)21-4)7-8-13(11)17/h7-8,10H,9H2,1-4H3,(H,18,20). The molecule has 0 aliphatic rings. The van der Waals surface area contributed by atoms with Crippen molar-refractivity contribution in [3.63, 3.8) is 0 Å². The van der Waals surface area contributed by atoms with Crippen molar-refractivity contribution in [1.82, 2.24) is 5.32 Å². The van der Waals surface area contributed by atoms with Crippen molar-refractivity contribution < 1.29 is 23.5 Å². The van der Waals surface area contributed by atoms with Crippen molar-refractivity contribution in [2.24, 2.45) is 0 Å². The van der Waals surface area contributed by atoms with Gasteiger partial charge < -0.3 is 14.8 Å². The van der Waals surface area contributed by atoms with Crippen molar-refractivity contribution in [2.45, 2.75) is 26.4 Å². The highest BCUT2D eigenvalue weighted by atomic mass is 19.1. The predicted molar refractivity (Wildman–Crippen MR) is 78.9 cm³/mol. The van der Waals surface area contributed by atoms with E-state index in [9.17, 15) is 14.0 Å². The van der Waals surface area contributed by atoms with Crippen LogP contribution in [-0.4, -0.2) is 31.3 Å². The van der Waals surface area contributed by atoms with E-state index in [1.165, 1.54) is 19.2 Å². The summed E-state index contributed by atoms with van der Waals surface area (Å²) >= 11 is 0. The van der Waals surface area contributed by atoms with Crippen LogP contribution in [0, 0.1) is 17.7 Å². The third-order valence-electron chi connectivity index (χ3n) is 2.33. The molecule has 0 spiro atoms. The summed E-state index contributed by atoms with van der Waals surface area (Å²) in [5.74, 6) is 4.00. The molecule has 1 rings (SSSR count). The Morgan fingerprint density at radius 2 is 2.00 bits per heavy atom. The minimum Gasteiger partial charge on any atom is -0.465 e. The van der Waals surface area contributed by atoms with Crippen molar-refractivity contribution in [3.8, 4) is 11.8 Å². The van der Waals surface area contributed by atoms with Gasteiger partial charge >= 0.3 is 12.1 Å². The van der Waals surface area contributed by atoms with Gasteiger partial charge in [-0.3, -0.25) is 0 Å². The summed E-state index contributed by atoms with van der Waals surface area (Å²) in [4.78, 5) is 22.7. The minimum atomic E-state index is -0.606. The van der Waals surface area contributed by atoms with Gasteiger partial charge in [0.2, 0.25) is 0 Å². The molecule has 0 saturated carbocycles. The van der Waals surface area contributed by atoms with Gasteiger partial charge in [-0.15, -0.1) is 0 Å². The van der Waals surface area contributed by atoms with E-state index >= 15 is 0 Å². The molecule has 0 bridgehead atoms. The predicted octanol–water partition coefficient (Wildman–Crippen LogP) is 2.49. The monoisotopic (exact) mass is 307 g/mol. The van der Waals surface area contributed by atoms with E-state index in [0.29, 0.717) is 0 Å². The van der Waals surface area contributed by atoms with E-state index in [0.717, 1.165) is 6.07 Å². The molecule has 1 N–H and O–H groups in total. The van der Waals surface area contributed by atoms with E-state index in [-0.39, 0.29) is 17.7 Å². The number of ether oxygens (including phenoxy) is 2. The number of amides is 1. The summed E-state index contributed by atoms with van der Waals surface area (Å²) in [6.07, 6.45) is -0.606. The molecular formula is C16H18FNO4. The Balaban J connectivity index is 2.68. The fraction of sp³-hybridized carbons (Fsp3) is 0.375. The van der Waals surface area contributed by atoms with Crippen LogP contribution in [0.25, 0.3) is 0 Å². The van der Waals surface area contributed by atoms with Crippen LogP contribution in [0.3, 0.4) is 0 Å². The summed E-state index contributed by atoms with van der Waals surface area (Å²) in [5.41, 5.74) is -0.347. The molecular weight excluding hydrogens is 289 g/mol. The first-order chi connectivity index (χ1) is 10.2. The van der Waals surface area contributed by atoms with Gasteiger partial charge in [0, 0.05) is 0 Å². The molecule has 6 heteroatoms. The number of rotatable bonds is 2. The molecule has 118 valence electrons. The van der Waals surface area contributed by atoms with Crippen molar-refractivity contribution in [2.75, 3.05) is 13.7 Å². The number of esters is 1. The molecule has 0 aliphatic heterocycles. The second kappa shape index (κ2) is 7.46. The molecule has 0 atom stereocenters.